The normalized spacial score (nSPS) is 24.2. The summed E-state index contributed by atoms with van der Waals surface area (Å²) in [5, 5.41) is 2.73. The van der Waals surface area contributed by atoms with Crippen LogP contribution in [-0.4, -0.2) is 12.5 Å². The van der Waals surface area contributed by atoms with Gasteiger partial charge in [-0.05, 0) is 55.2 Å². The molecule has 0 aromatic heterocycles. The highest BCUT2D eigenvalue weighted by Crippen LogP contribution is 2.39. The molecule has 2 nitrogen and oxygen atoms in total. The smallest absolute Gasteiger partial charge is 0.351 e. The molecular formula is C19H25F4NO. The minimum atomic E-state index is -4.82. The van der Waals surface area contributed by atoms with E-state index in [4.69, 9.17) is 0 Å². The molecule has 0 aliphatic heterocycles. The van der Waals surface area contributed by atoms with E-state index in [9.17, 15) is 22.4 Å². The van der Waals surface area contributed by atoms with Gasteiger partial charge in [-0.1, -0.05) is 26.7 Å². The molecule has 1 fully saturated rings. The number of hydrogen-bond acceptors (Lipinski definition) is 1. The average Bonchev–Trinajstić information content (AvgIpc) is 2.55. The Kier molecular flexibility index (Phi) is 6.12. The third-order valence-electron chi connectivity index (χ3n) is 5.22. The van der Waals surface area contributed by atoms with Crippen LogP contribution in [-0.2, 0) is 6.18 Å². The van der Waals surface area contributed by atoms with Crippen molar-refractivity contribution in [2.75, 3.05) is 6.54 Å². The summed E-state index contributed by atoms with van der Waals surface area (Å²) in [6.07, 6.45) is 1.81. The zero-order chi connectivity index (χ0) is 18.7. The molecule has 140 valence electrons. The number of hydrogen-bond donors (Lipinski definition) is 1. The van der Waals surface area contributed by atoms with Crippen molar-refractivity contribution in [3.8, 4) is 0 Å². The Morgan fingerprint density at radius 2 is 1.92 bits per heavy atom. The van der Waals surface area contributed by atoms with Gasteiger partial charge in [-0.25, -0.2) is 4.39 Å². The standard InChI is InChI=1S/C19H25F4NO/c1-3-4-13-7-9-18(2,10-8-13)12-24-17(25)14-5-6-16(20)15(11-14)19(21,22)23/h5-6,11,13H,3-4,7-10,12H2,1-2H3,(H,24,25). The number of carbonyl (C=O) groups is 1. The predicted molar refractivity (Wildman–Crippen MR) is 88.7 cm³/mol. The summed E-state index contributed by atoms with van der Waals surface area (Å²) in [5.74, 6) is -1.23. The molecule has 2 rings (SSSR count). The number of carbonyl (C=O) groups excluding carboxylic acids is 1. The molecule has 1 saturated carbocycles. The Morgan fingerprint density at radius 1 is 1.28 bits per heavy atom. The number of alkyl halides is 3. The quantitative estimate of drug-likeness (QED) is 0.684. The Labute approximate surface area is 146 Å². The van der Waals surface area contributed by atoms with Crippen molar-refractivity contribution < 1.29 is 22.4 Å². The van der Waals surface area contributed by atoms with Gasteiger partial charge in [0.05, 0.1) is 5.56 Å². The minimum absolute atomic E-state index is 0.0349. The fourth-order valence-corrected chi connectivity index (χ4v) is 3.53. The topological polar surface area (TPSA) is 29.1 Å². The summed E-state index contributed by atoms with van der Waals surface area (Å²) in [6.45, 7) is 4.69. The SMILES string of the molecule is CCCC1CCC(C)(CNC(=O)c2ccc(F)c(C(F)(F)F)c2)CC1. The number of halogens is 4. The van der Waals surface area contributed by atoms with Gasteiger partial charge in [0.15, 0.2) is 0 Å². The largest absolute Gasteiger partial charge is 0.419 e. The lowest BCUT2D eigenvalue weighted by molar-refractivity contribution is -0.140. The maximum atomic E-state index is 13.3. The van der Waals surface area contributed by atoms with Gasteiger partial charge in [0.1, 0.15) is 5.82 Å². The fourth-order valence-electron chi connectivity index (χ4n) is 3.53. The van der Waals surface area contributed by atoms with Gasteiger partial charge in [-0.2, -0.15) is 13.2 Å². The second-order valence-corrected chi connectivity index (χ2v) is 7.42. The first-order valence-electron chi connectivity index (χ1n) is 8.79. The number of amides is 1. The molecule has 0 bridgehead atoms. The van der Waals surface area contributed by atoms with E-state index in [2.05, 4.69) is 19.2 Å². The average molecular weight is 359 g/mol. The van der Waals surface area contributed by atoms with Gasteiger partial charge in [0.2, 0.25) is 0 Å². The molecule has 0 spiro atoms. The summed E-state index contributed by atoms with van der Waals surface area (Å²) in [6, 6.07) is 2.35. The second-order valence-electron chi connectivity index (χ2n) is 7.42. The molecule has 0 heterocycles. The molecule has 1 aromatic rings. The summed E-state index contributed by atoms with van der Waals surface area (Å²) < 4.78 is 51.6. The molecule has 0 unspecified atom stereocenters. The Bertz CT molecular complexity index is 604. The second kappa shape index (κ2) is 7.75. The van der Waals surface area contributed by atoms with E-state index < -0.39 is 23.5 Å². The van der Waals surface area contributed by atoms with Gasteiger partial charge in [0.25, 0.3) is 5.91 Å². The summed E-state index contributed by atoms with van der Waals surface area (Å²) >= 11 is 0. The van der Waals surface area contributed by atoms with Crippen LogP contribution in [0.1, 0.15) is 68.3 Å². The number of benzene rings is 1. The molecule has 1 aliphatic carbocycles. The molecule has 1 N–H and O–H groups in total. The molecular weight excluding hydrogens is 334 g/mol. The predicted octanol–water partition coefficient (Wildman–Crippen LogP) is 5.57. The van der Waals surface area contributed by atoms with E-state index in [1.54, 1.807) is 0 Å². The van der Waals surface area contributed by atoms with Crippen LogP contribution < -0.4 is 5.32 Å². The van der Waals surface area contributed by atoms with Crippen molar-refractivity contribution in [2.24, 2.45) is 11.3 Å². The first-order valence-corrected chi connectivity index (χ1v) is 8.79. The summed E-state index contributed by atoms with van der Waals surface area (Å²) in [5.41, 5.74) is -1.62. The van der Waals surface area contributed by atoms with Crippen molar-refractivity contribution in [1.82, 2.24) is 5.32 Å². The number of nitrogens with one attached hydrogen (secondary N) is 1. The van der Waals surface area contributed by atoms with Crippen molar-refractivity contribution >= 4 is 5.91 Å². The molecule has 0 saturated heterocycles. The lowest BCUT2D eigenvalue weighted by Gasteiger charge is -2.37. The Hall–Kier alpha value is -1.59. The first-order chi connectivity index (χ1) is 11.6. The molecule has 0 radical (unpaired) electrons. The van der Waals surface area contributed by atoms with Gasteiger partial charge in [-0.15, -0.1) is 0 Å². The third kappa shape index (κ3) is 5.19. The monoisotopic (exact) mass is 359 g/mol. The maximum Gasteiger partial charge on any atom is 0.419 e. The maximum absolute atomic E-state index is 13.3. The molecule has 0 atom stereocenters. The zero-order valence-electron chi connectivity index (χ0n) is 14.7. The molecule has 1 aliphatic rings. The van der Waals surface area contributed by atoms with Gasteiger partial charge in [0, 0.05) is 12.1 Å². The highest BCUT2D eigenvalue weighted by molar-refractivity contribution is 5.94. The van der Waals surface area contributed by atoms with Crippen molar-refractivity contribution in [3.63, 3.8) is 0 Å². The van der Waals surface area contributed by atoms with Crippen LogP contribution in [0.2, 0.25) is 0 Å². The van der Waals surface area contributed by atoms with E-state index in [-0.39, 0.29) is 11.0 Å². The van der Waals surface area contributed by atoms with Crippen molar-refractivity contribution in [1.29, 1.82) is 0 Å². The van der Waals surface area contributed by atoms with Crippen LogP contribution in [0.25, 0.3) is 0 Å². The molecule has 1 aromatic carbocycles. The van der Waals surface area contributed by atoms with E-state index in [0.29, 0.717) is 18.7 Å². The van der Waals surface area contributed by atoms with Crippen LogP contribution in [0.15, 0.2) is 18.2 Å². The van der Waals surface area contributed by atoms with Crippen molar-refractivity contribution in [2.45, 2.75) is 58.5 Å². The Balaban J connectivity index is 1.97. The molecule has 6 heteroatoms. The lowest BCUT2D eigenvalue weighted by Crippen LogP contribution is -2.38. The van der Waals surface area contributed by atoms with E-state index in [1.807, 2.05) is 0 Å². The lowest BCUT2D eigenvalue weighted by atomic mass is 9.70. The minimum Gasteiger partial charge on any atom is -0.351 e. The van der Waals surface area contributed by atoms with Gasteiger partial charge < -0.3 is 5.32 Å². The van der Waals surface area contributed by atoms with Gasteiger partial charge >= 0.3 is 6.18 Å². The number of rotatable bonds is 5. The highest BCUT2D eigenvalue weighted by atomic mass is 19.4. The van der Waals surface area contributed by atoms with Gasteiger partial charge in [-0.3, -0.25) is 4.79 Å². The van der Waals surface area contributed by atoms with E-state index in [1.165, 1.54) is 12.8 Å². The summed E-state index contributed by atoms with van der Waals surface area (Å²) in [7, 11) is 0. The van der Waals surface area contributed by atoms with Crippen LogP contribution in [0.5, 0.6) is 0 Å². The first kappa shape index (κ1) is 19.7. The van der Waals surface area contributed by atoms with Crippen LogP contribution in [0.4, 0.5) is 17.6 Å². The van der Waals surface area contributed by atoms with Crippen molar-refractivity contribution in [3.05, 3.63) is 35.1 Å². The third-order valence-corrected chi connectivity index (χ3v) is 5.22. The van der Waals surface area contributed by atoms with E-state index in [0.717, 1.165) is 37.7 Å². The zero-order valence-corrected chi connectivity index (χ0v) is 14.7. The van der Waals surface area contributed by atoms with Crippen LogP contribution in [0.3, 0.4) is 0 Å². The van der Waals surface area contributed by atoms with Crippen LogP contribution in [0, 0.1) is 17.2 Å². The molecule has 1 amide bonds. The highest BCUT2D eigenvalue weighted by Gasteiger charge is 2.35. The Morgan fingerprint density at radius 3 is 2.48 bits per heavy atom. The summed E-state index contributed by atoms with van der Waals surface area (Å²) in [4.78, 5) is 12.2. The van der Waals surface area contributed by atoms with E-state index >= 15 is 0 Å². The fraction of sp³-hybridized carbons (Fsp3) is 0.632. The molecule has 25 heavy (non-hydrogen) atoms. The van der Waals surface area contributed by atoms with Crippen LogP contribution >= 0.6 is 0 Å².